The van der Waals surface area contributed by atoms with Crippen molar-refractivity contribution in [2.45, 2.75) is 0 Å². The van der Waals surface area contributed by atoms with Crippen molar-refractivity contribution in [3.8, 4) is 17.6 Å². The van der Waals surface area contributed by atoms with Crippen LogP contribution in [-0.4, -0.2) is 5.11 Å². The lowest BCUT2D eigenvalue weighted by Gasteiger charge is -1.96. The molecule has 3 nitrogen and oxygen atoms in total. The van der Waals surface area contributed by atoms with E-state index in [1.54, 1.807) is 48.5 Å². The van der Waals surface area contributed by atoms with E-state index in [2.05, 4.69) is 11.8 Å². The molecule has 0 radical (unpaired) electrons. The number of aromatic hydroxyl groups is 1. The highest BCUT2D eigenvalue weighted by Crippen LogP contribution is 2.12. The Bertz CT molecular complexity index is 895. The zero-order valence-electron chi connectivity index (χ0n) is 10.5. The smallest absolute Gasteiger partial charge is 0.193 e. The summed E-state index contributed by atoms with van der Waals surface area (Å²) in [5, 5.41) is 9.89. The zero-order chi connectivity index (χ0) is 13.9. The number of fused-ring (bicyclic) bond motifs is 1. The van der Waals surface area contributed by atoms with Crippen molar-refractivity contribution in [3.05, 3.63) is 76.1 Å². The molecule has 2 aromatic carbocycles. The molecule has 3 rings (SSSR count). The SMILES string of the molecule is O=c1cc(C#Cc2cccc(O)c2)oc2ccccc12. The fourth-order valence-corrected chi connectivity index (χ4v) is 1.88. The predicted molar refractivity (Wildman–Crippen MR) is 76.6 cm³/mol. The number of phenolic OH excluding ortho intramolecular Hbond substituents is 1. The van der Waals surface area contributed by atoms with Gasteiger partial charge >= 0.3 is 0 Å². The maximum Gasteiger partial charge on any atom is 0.193 e. The third kappa shape index (κ3) is 2.40. The van der Waals surface area contributed by atoms with Crippen molar-refractivity contribution in [1.29, 1.82) is 0 Å². The van der Waals surface area contributed by atoms with Gasteiger partial charge in [0.15, 0.2) is 11.2 Å². The van der Waals surface area contributed by atoms with Gasteiger partial charge in [0.25, 0.3) is 0 Å². The van der Waals surface area contributed by atoms with Crippen LogP contribution in [-0.2, 0) is 0 Å². The van der Waals surface area contributed by atoms with Gasteiger partial charge in [0.05, 0.1) is 5.39 Å². The second-order valence-corrected chi connectivity index (χ2v) is 4.27. The molecule has 0 aliphatic rings. The average Bonchev–Trinajstić information content (AvgIpc) is 2.45. The van der Waals surface area contributed by atoms with Crippen LogP contribution < -0.4 is 5.43 Å². The highest BCUT2D eigenvalue weighted by Gasteiger charge is 2.01. The monoisotopic (exact) mass is 262 g/mol. The van der Waals surface area contributed by atoms with Crippen molar-refractivity contribution in [2.24, 2.45) is 0 Å². The average molecular weight is 262 g/mol. The van der Waals surface area contributed by atoms with Crippen LogP contribution in [0.15, 0.2) is 63.8 Å². The molecule has 1 aromatic heterocycles. The number of rotatable bonds is 0. The largest absolute Gasteiger partial charge is 0.508 e. The van der Waals surface area contributed by atoms with Gasteiger partial charge in [0.1, 0.15) is 11.3 Å². The number of benzene rings is 2. The second kappa shape index (κ2) is 4.94. The van der Waals surface area contributed by atoms with Crippen LogP contribution in [0.1, 0.15) is 11.3 Å². The van der Waals surface area contributed by atoms with Gasteiger partial charge in [0, 0.05) is 11.6 Å². The van der Waals surface area contributed by atoms with E-state index in [0.717, 1.165) is 0 Å². The molecule has 0 unspecified atom stereocenters. The molecule has 0 spiro atoms. The fourth-order valence-electron chi connectivity index (χ4n) is 1.88. The lowest BCUT2D eigenvalue weighted by Crippen LogP contribution is -2.00. The van der Waals surface area contributed by atoms with E-state index in [1.807, 2.05) is 0 Å². The molecular weight excluding hydrogens is 252 g/mol. The van der Waals surface area contributed by atoms with Crippen molar-refractivity contribution < 1.29 is 9.52 Å². The van der Waals surface area contributed by atoms with Crippen LogP contribution in [0, 0.1) is 11.8 Å². The minimum atomic E-state index is -0.118. The van der Waals surface area contributed by atoms with Crippen LogP contribution in [0.2, 0.25) is 0 Å². The standard InChI is InChI=1S/C17H10O3/c18-13-5-3-4-12(10-13)8-9-14-11-16(19)15-6-1-2-7-17(15)20-14/h1-7,10-11,18H. The van der Waals surface area contributed by atoms with E-state index in [1.165, 1.54) is 6.07 Å². The quantitative estimate of drug-likeness (QED) is 0.634. The summed E-state index contributed by atoms with van der Waals surface area (Å²) >= 11 is 0. The molecule has 0 saturated heterocycles. The highest BCUT2D eigenvalue weighted by molar-refractivity contribution is 5.76. The summed E-state index contributed by atoms with van der Waals surface area (Å²) in [7, 11) is 0. The number of hydrogen-bond acceptors (Lipinski definition) is 3. The second-order valence-electron chi connectivity index (χ2n) is 4.27. The van der Waals surface area contributed by atoms with Gasteiger partial charge in [-0.15, -0.1) is 0 Å². The molecule has 0 amide bonds. The minimum absolute atomic E-state index is 0.118. The zero-order valence-corrected chi connectivity index (χ0v) is 10.5. The summed E-state index contributed by atoms with van der Waals surface area (Å²) in [6.45, 7) is 0. The van der Waals surface area contributed by atoms with Crippen molar-refractivity contribution in [1.82, 2.24) is 0 Å². The summed E-state index contributed by atoms with van der Waals surface area (Å²) in [4.78, 5) is 11.9. The van der Waals surface area contributed by atoms with Gasteiger partial charge in [-0.25, -0.2) is 0 Å². The van der Waals surface area contributed by atoms with E-state index in [0.29, 0.717) is 22.3 Å². The van der Waals surface area contributed by atoms with E-state index >= 15 is 0 Å². The maximum atomic E-state index is 11.9. The Kier molecular flexibility index (Phi) is 2.98. The minimum Gasteiger partial charge on any atom is -0.508 e. The van der Waals surface area contributed by atoms with Gasteiger partial charge in [-0.05, 0) is 36.3 Å². The maximum absolute atomic E-state index is 11.9. The Morgan fingerprint density at radius 2 is 1.80 bits per heavy atom. The van der Waals surface area contributed by atoms with Gasteiger partial charge in [0.2, 0.25) is 0 Å². The van der Waals surface area contributed by atoms with Crippen LogP contribution in [0.3, 0.4) is 0 Å². The Labute approximate surface area is 115 Å². The summed E-state index contributed by atoms with van der Waals surface area (Å²) in [6.07, 6.45) is 0. The molecule has 1 N–H and O–H groups in total. The molecular formula is C17H10O3. The number of para-hydroxylation sites is 1. The first-order valence-corrected chi connectivity index (χ1v) is 6.06. The van der Waals surface area contributed by atoms with Crippen LogP contribution in [0.4, 0.5) is 0 Å². The van der Waals surface area contributed by atoms with Crippen LogP contribution >= 0.6 is 0 Å². The molecule has 0 fully saturated rings. The van der Waals surface area contributed by atoms with Crippen molar-refractivity contribution >= 4 is 11.0 Å². The molecule has 0 saturated carbocycles. The van der Waals surface area contributed by atoms with Crippen molar-refractivity contribution in [3.63, 3.8) is 0 Å². The highest BCUT2D eigenvalue weighted by atomic mass is 16.3. The van der Waals surface area contributed by atoms with E-state index < -0.39 is 0 Å². The third-order valence-electron chi connectivity index (χ3n) is 2.81. The first-order valence-electron chi connectivity index (χ1n) is 6.06. The Hall–Kier alpha value is -2.99. The topological polar surface area (TPSA) is 50.4 Å². The molecule has 1 heterocycles. The molecule has 20 heavy (non-hydrogen) atoms. The van der Waals surface area contributed by atoms with Gasteiger partial charge in [-0.1, -0.05) is 24.1 Å². The summed E-state index contributed by atoms with van der Waals surface area (Å²) in [5.41, 5.74) is 1.05. The molecule has 0 aliphatic heterocycles. The summed E-state index contributed by atoms with van der Waals surface area (Å²) in [5.74, 6) is 6.10. The van der Waals surface area contributed by atoms with Gasteiger partial charge in [-0.3, -0.25) is 4.79 Å². The van der Waals surface area contributed by atoms with Gasteiger partial charge < -0.3 is 9.52 Å². The van der Waals surface area contributed by atoms with Crippen molar-refractivity contribution in [2.75, 3.05) is 0 Å². The van der Waals surface area contributed by atoms with Crippen LogP contribution in [0.25, 0.3) is 11.0 Å². The number of phenols is 1. The fraction of sp³-hybridized carbons (Fsp3) is 0. The molecule has 0 bridgehead atoms. The van der Waals surface area contributed by atoms with E-state index in [9.17, 15) is 9.90 Å². The Balaban J connectivity index is 2.06. The van der Waals surface area contributed by atoms with E-state index in [4.69, 9.17) is 4.42 Å². The van der Waals surface area contributed by atoms with Crippen LogP contribution in [0.5, 0.6) is 5.75 Å². The molecule has 0 atom stereocenters. The molecule has 96 valence electrons. The molecule has 3 heteroatoms. The third-order valence-corrected chi connectivity index (χ3v) is 2.81. The lowest BCUT2D eigenvalue weighted by atomic mass is 10.2. The van der Waals surface area contributed by atoms with Gasteiger partial charge in [-0.2, -0.15) is 0 Å². The first kappa shape index (κ1) is 12.1. The Morgan fingerprint density at radius 3 is 2.65 bits per heavy atom. The normalized spacial score (nSPS) is 10.0. The molecule has 0 aliphatic carbocycles. The Morgan fingerprint density at radius 1 is 0.950 bits per heavy atom. The first-order chi connectivity index (χ1) is 9.72. The van der Waals surface area contributed by atoms with E-state index in [-0.39, 0.29) is 11.2 Å². The summed E-state index contributed by atoms with van der Waals surface area (Å²) < 4.78 is 5.56. The predicted octanol–water partition coefficient (Wildman–Crippen LogP) is 2.90. The lowest BCUT2D eigenvalue weighted by molar-refractivity contribution is 0.475. The number of hydrogen-bond donors (Lipinski definition) is 1. The molecule has 3 aromatic rings. The summed E-state index contributed by atoms with van der Waals surface area (Å²) in [6, 6.07) is 15.0.